The normalized spacial score (nSPS) is 11.8. The van der Waals surface area contributed by atoms with E-state index in [1.54, 1.807) is 0 Å². The van der Waals surface area contributed by atoms with E-state index in [-0.39, 0.29) is 6.03 Å². The first-order valence-electron chi connectivity index (χ1n) is 22.1. The van der Waals surface area contributed by atoms with Crippen LogP contribution in [-0.4, -0.2) is 24.0 Å². The van der Waals surface area contributed by atoms with E-state index in [0.29, 0.717) is 0 Å². The van der Waals surface area contributed by atoms with E-state index in [1.807, 2.05) is 4.90 Å². The lowest BCUT2D eigenvalue weighted by Crippen LogP contribution is -2.37. The Hall–Kier alpha value is -1.25. The summed E-state index contributed by atoms with van der Waals surface area (Å²) in [5.41, 5.74) is 5.69. The number of unbranched alkanes of at least 4 members (excludes halogenated alkanes) is 32. The molecule has 284 valence electrons. The molecule has 3 nitrogen and oxygen atoms in total. The number of urea groups is 1. The smallest absolute Gasteiger partial charge is 0.314 e. The third kappa shape index (κ3) is 39.2. The molecule has 0 heterocycles. The lowest BCUT2D eigenvalue weighted by molar-refractivity contribution is 0.204. The molecule has 0 saturated carbocycles. The second-order valence-corrected chi connectivity index (χ2v) is 15.0. The van der Waals surface area contributed by atoms with Gasteiger partial charge in [-0.15, -0.1) is 0 Å². The molecule has 0 bridgehead atoms. The number of hydrogen-bond donors (Lipinski definition) is 1. The van der Waals surface area contributed by atoms with Crippen molar-refractivity contribution >= 4 is 6.03 Å². The number of allylic oxidation sites excluding steroid dienone is 4. The highest BCUT2D eigenvalue weighted by Crippen LogP contribution is 2.15. The van der Waals surface area contributed by atoms with Crippen molar-refractivity contribution in [1.29, 1.82) is 0 Å². The number of amides is 2. The van der Waals surface area contributed by atoms with Crippen molar-refractivity contribution in [2.45, 2.75) is 245 Å². The maximum atomic E-state index is 11.9. The van der Waals surface area contributed by atoms with Crippen LogP contribution >= 0.6 is 0 Å². The summed E-state index contributed by atoms with van der Waals surface area (Å²) in [6, 6.07) is -0.225. The van der Waals surface area contributed by atoms with Crippen molar-refractivity contribution < 1.29 is 4.79 Å². The first-order chi connectivity index (χ1) is 23.7. The van der Waals surface area contributed by atoms with Crippen molar-refractivity contribution in [2.24, 2.45) is 5.73 Å². The van der Waals surface area contributed by atoms with Gasteiger partial charge in [0.15, 0.2) is 0 Å². The number of rotatable bonds is 40. The summed E-state index contributed by atoms with van der Waals surface area (Å²) in [7, 11) is 0. The summed E-state index contributed by atoms with van der Waals surface area (Å²) in [6.45, 7) is 6.27. The SMILES string of the molecule is CCCCCCCC/C=C\CCCCCCCCCCCCN(CCCCCCCCCCCC/C=C\CCCCCCCC)C(N)=O. The Kier molecular flexibility index (Phi) is 40.8. The van der Waals surface area contributed by atoms with Gasteiger partial charge in [0.25, 0.3) is 0 Å². The quantitative estimate of drug-likeness (QED) is 0.0511. The fourth-order valence-electron chi connectivity index (χ4n) is 6.85. The molecule has 2 amide bonds. The largest absolute Gasteiger partial charge is 0.351 e. The van der Waals surface area contributed by atoms with Gasteiger partial charge < -0.3 is 10.6 Å². The van der Waals surface area contributed by atoms with Crippen LogP contribution in [0.15, 0.2) is 24.3 Å². The lowest BCUT2D eigenvalue weighted by Gasteiger charge is -2.20. The third-order valence-electron chi connectivity index (χ3n) is 10.2. The highest BCUT2D eigenvalue weighted by atomic mass is 16.2. The summed E-state index contributed by atoms with van der Waals surface area (Å²) in [4.78, 5) is 13.8. The Morgan fingerprint density at radius 1 is 0.354 bits per heavy atom. The molecule has 0 aliphatic carbocycles. The van der Waals surface area contributed by atoms with E-state index >= 15 is 0 Å². The van der Waals surface area contributed by atoms with Gasteiger partial charge >= 0.3 is 6.03 Å². The Bertz CT molecular complexity index is 622. The van der Waals surface area contributed by atoms with Gasteiger partial charge in [-0.1, -0.05) is 205 Å². The molecule has 0 unspecified atom stereocenters. The van der Waals surface area contributed by atoms with Crippen LogP contribution in [0.5, 0.6) is 0 Å². The standard InChI is InChI=1S/C45H88N2O/c1-3-5-7-9-11-13-15-17-19-21-23-25-27-29-31-33-35-37-39-41-43-47(45(46)48)44-42-40-38-36-34-32-30-28-26-24-22-20-18-16-14-12-10-8-6-4-2/h17-20H,3-16,21-44H2,1-2H3,(H2,46,48)/b19-17-,20-18-. The topological polar surface area (TPSA) is 46.3 Å². The van der Waals surface area contributed by atoms with Crippen molar-refractivity contribution in [3.8, 4) is 0 Å². The number of primary amides is 1. The summed E-state index contributed by atoms with van der Waals surface area (Å²) in [6.07, 6.45) is 58.1. The van der Waals surface area contributed by atoms with Gasteiger partial charge in [-0.25, -0.2) is 4.79 Å². The highest BCUT2D eigenvalue weighted by Gasteiger charge is 2.08. The number of carbonyl (C=O) groups excluding carboxylic acids is 1. The first kappa shape index (κ1) is 46.8. The second kappa shape index (κ2) is 41.9. The number of nitrogens with zero attached hydrogens (tertiary/aromatic N) is 1. The molecule has 0 aromatic rings. The number of carbonyl (C=O) groups is 1. The molecule has 0 aliphatic rings. The van der Waals surface area contributed by atoms with E-state index < -0.39 is 0 Å². The third-order valence-corrected chi connectivity index (χ3v) is 10.2. The Morgan fingerprint density at radius 2 is 0.562 bits per heavy atom. The average Bonchev–Trinajstić information content (AvgIpc) is 3.08. The van der Waals surface area contributed by atoms with Gasteiger partial charge in [0.1, 0.15) is 0 Å². The molecule has 0 saturated heterocycles. The minimum atomic E-state index is -0.225. The van der Waals surface area contributed by atoms with Crippen LogP contribution in [0, 0.1) is 0 Å². The van der Waals surface area contributed by atoms with Gasteiger partial charge in [-0.2, -0.15) is 0 Å². The monoisotopic (exact) mass is 673 g/mol. The van der Waals surface area contributed by atoms with Gasteiger partial charge in [0.2, 0.25) is 0 Å². The van der Waals surface area contributed by atoms with Crippen LogP contribution in [-0.2, 0) is 0 Å². The van der Waals surface area contributed by atoms with Crippen molar-refractivity contribution in [3.63, 3.8) is 0 Å². The molecule has 0 rings (SSSR count). The van der Waals surface area contributed by atoms with E-state index in [9.17, 15) is 4.79 Å². The molecule has 0 radical (unpaired) electrons. The Morgan fingerprint density at radius 3 is 0.792 bits per heavy atom. The van der Waals surface area contributed by atoms with Crippen LogP contribution in [0.2, 0.25) is 0 Å². The van der Waals surface area contributed by atoms with E-state index in [0.717, 1.165) is 25.9 Å². The first-order valence-corrected chi connectivity index (χ1v) is 22.1. The lowest BCUT2D eigenvalue weighted by atomic mass is 10.0. The molecule has 0 aromatic carbocycles. The predicted molar refractivity (Wildman–Crippen MR) is 217 cm³/mol. The fourth-order valence-corrected chi connectivity index (χ4v) is 6.85. The van der Waals surface area contributed by atoms with Crippen molar-refractivity contribution in [1.82, 2.24) is 4.90 Å². The molecule has 0 aromatic heterocycles. The zero-order valence-electron chi connectivity index (χ0n) is 33.1. The molecule has 2 N–H and O–H groups in total. The zero-order chi connectivity index (χ0) is 34.9. The van der Waals surface area contributed by atoms with Crippen LogP contribution < -0.4 is 5.73 Å². The molecule has 0 atom stereocenters. The molecule has 0 spiro atoms. The highest BCUT2D eigenvalue weighted by molar-refractivity contribution is 5.71. The van der Waals surface area contributed by atoms with Crippen LogP contribution in [0.3, 0.4) is 0 Å². The second-order valence-electron chi connectivity index (χ2n) is 15.0. The number of nitrogens with two attached hydrogens (primary N) is 1. The fraction of sp³-hybridized carbons (Fsp3) is 0.889. The van der Waals surface area contributed by atoms with Crippen LogP contribution in [0.4, 0.5) is 4.79 Å². The molecule has 0 aliphatic heterocycles. The summed E-state index contributed by atoms with van der Waals surface area (Å²) in [5.74, 6) is 0. The minimum Gasteiger partial charge on any atom is -0.351 e. The number of hydrogen-bond acceptors (Lipinski definition) is 1. The van der Waals surface area contributed by atoms with Crippen molar-refractivity contribution in [2.75, 3.05) is 13.1 Å². The summed E-state index contributed by atoms with van der Waals surface area (Å²) < 4.78 is 0. The Balaban J connectivity index is 3.40. The van der Waals surface area contributed by atoms with Gasteiger partial charge in [-0.05, 0) is 64.2 Å². The van der Waals surface area contributed by atoms with E-state index in [4.69, 9.17) is 5.73 Å². The van der Waals surface area contributed by atoms with Gasteiger partial charge in [0.05, 0.1) is 0 Å². The average molecular weight is 673 g/mol. The van der Waals surface area contributed by atoms with Crippen LogP contribution in [0.1, 0.15) is 245 Å². The van der Waals surface area contributed by atoms with Crippen LogP contribution in [0.25, 0.3) is 0 Å². The summed E-state index contributed by atoms with van der Waals surface area (Å²) >= 11 is 0. The predicted octanol–water partition coefficient (Wildman–Crippen LogP) is 15.6. The maximum Gasteiger partial charge on any atom is 0.314 e. The molecule has 3 heteroatoms. The zero-order valence-corrected chi connectivity index (χ0v) is 33.1. The molecular formula is C45H88N2O. The summed E-state index contributed by atoms with van der Waals surface area (Å²) in [5, 5.41) is 0. The molecule has 0 fully saturated rings. The van der Waals surface area contributed by atoms with Crippen molar-refractivity contribution in [3.05, 3.63) is 24.3 Å². The minimum absolute atomic E-state index is 0.225. The molecule has 48 heavy (non-hydrogen) atoms. The van der Waals surface area contributed by atoms with E-state index in [1.165, 1.54) is 218 Å². The molecular weight excluding hydrogens is 585 g/mol. The Labute approximate surface area is 303 Å². The van der Waals surface area contributed by atoms with Gasteiger partial charge in [0, 0.05) is 13.1 Å². The van der Waals surface area contributed by atoms with Gasteiger partial charge in [-0.3, -0.25) is 0 Å². The van der Waals surface area contributed by atoms with E-state index in [2.05, 4.69) is 38.2 Å². The maximum absolute atomic E-state index is 11.9.